The van der Waals surface area contributed by atoms with Crippen LogP contribution in [0.5, 0.6) is 11.5 Å². The van der Waals surface area contributed by atoms with E-state index in [1.54, 1.807) is 17.0 Å². The molecule has 2 amide bonds. The average Bonchev–Trinajstić information content (AvgIpc) is 2.74. The summed E-state index contributed by atoms with van der Waals surface area (Å²) >= 11 is 0. The molecule has 28 heavy (non-hydrogen) atoms. The second-order valence-corrected chi connectivity index (χ2v) is 7.15. The molecule has 4 rings (SSSR count). The Morgan fingerprint density at radius 2 is 1.79 bits per heavy atom. The summed E-state index contributed by atoms with van der Waals surface area (Å²) in [6.45, 7) is 3.76. The molecule has 0 aromatic heterocycles. The van der Waals surface area contributed by atoms with Crippen molar-refractivity contribution in [3.8, 4) is 11.5 Å². The van der Waals surface area contributed by atoms with Gasteiger partial charge in [0.2, 0.25) is 5.91 Å². The standard InChI is InChI=1S/C22H24N2O4/c1-15(17-7-10-19-20(14-17)28-13-12-27-19)23-22(26)16-5-8-18(9-6-16)24-11-3-2-4-21(24)25/h5-10,14-15H,2-4,11-13H2,1H3,(H,23,26). The largest absolute Gasteiger partial charge is 0.486 e. The van der Waals surface area contributed by atoms with Crippen LogP contribution in [-0.2, 0) is 4.79 Å². The summed E-state index contributed by atoms with van der Waals surface area (Å²) in [5.74, 6) is 1.44. The molecule has 0 bridgehead atoms. The number of hydrogen-bond acceptors (Lipinski definition) is 4. The number of nitrogens with one attached hydrogen (secondary N) is 1. The molecule has 146 valence electrons. The number of piperidine rings is 1. The molecule has 6 nitrogen and oxygen atoms in total. The van der Waals surface area contributed by atoms with Gasteiger partial charge in [-0.2, -0.15) is 0 Å². The maximum atomic E-state index is 12.6. The quantitative estimate of drug-likeness (QED) is 0.882. The Bertz CT molecular complexity index is 879. The van der Waals surface area contributed by atoms with Crippen molar-refractivity contribution in [1.82, 2.24) is 5.32 Å². The normalized spacial score (nSPS) is 17.2. The van der Waals surface area contributed by atoms with Gasteiger partial charge in [0, 0.05) is 24.2 Å². The van der Waals surface area contributed by atoms with Crippen LogP contribution in [0, 0.1) is 0 Å². The van der Waals surface area contributed by atoms with E-state index >= 15 is 0 Å². The summed E-state index contributed by atoms with van der Waals surface area (Å²) in [6, 6.07) is 12.8. The lowest BCUT2D eigenvalue weighted by molar-refractivity contribution is -0.119. The smallest absolute Gasteiger partial charge is 0.251 e. The van der Waals surface area contributed by atoms with Crippen LogP contribution in [0.2, 0.25) is 0 Å². The van der Waals surface area contributed by atoms with Crippen LogP contribution >= 0.6 is 0 Å². The van der Waals surface area contributed by atoms with Gasteiger partial charge in [0.1, 0.15) is 13.2 Å². The van der Waals surface area contributed by atoms with Crippen molar-refractivity contribution < 1.29 is 19.1 Å². The first-order valence-corrected chi connectivity index (χ1v) is 9.72. The van der Waals surface area contributed by atoms with Crippen molar-refractivity contribution >= 4 is 17.5 Å². The number of carbonyl (C=O) groups excluding carboxylic acids is 2. The van der Waals surface area contributed by atoms with E-state index in [0.717, 1.165) is 36.4 Å². The van der Waals surface area contributed by atoms with E-state index < -0.39 is 0 Å². The molecule has 2 aliphatic rings. The van der Waals surface area contributed by atoms with E-state index in [4.69, 9.17) is 9.47 Å². The summed E-state index contributed by atoms with van der Waals surface area (Å²) in [5, 5.41) is 3.01. The number of hydrogen-bond donors (Lipinski definition) is 1. The van der Waals surface area contributed by atoms with Gasteiger partial charge >= 0.3 is 0 Å². The molecule has 0 aliphatic carbocycles. The Morgan fingerprint density at radius 1 is 1.04 bits per heavy atom. The van der Waals surface area contributed by atoms with Gasteiger partial charge < -0.3 is 19.7 Å². The van der Waals surface area contributed by atoms with Crippen molar-refractivity contribution in [2.24, 2.45) is 0 Å². The highest BCUT2D eigenvalue weighted by Crippen LogP contribution is 2.32. The minimum absolute atomic E-state index is 0.149. The summed E-state index contributed by atoms with van der Waals surface area (Å²) in [4.78, 5) is 26.5. The third-order valence-corrected chi connectivity index (χ3v) is 5.18. The lowest BCUT2D eigenvalue weighted by Gasteiger charge is -2.26. The maximum Gasteiger partial charge on any atom is 0.251 e. The molecule has 0 spiro atoms. The van der Waals surface area contributed by atoms with E-state index in [1.807, 2.05) is 37.3 Å². The van der Waals surface area contributed by atoms with Crippen LogP contribution in [0.4, 0.5) is 5.69 Å². The Hall–Kier alpha value is -3.02. The van der Waals surface area contributed by atoms with Gasteiger partial charge in [0.25, 0.3) is 5.91 Å². The van der Waals surface area contributed by atoms with Gasteiger partial charge in [0.15, 0.2) is 11.5 Å². The van der Waals surface area contributed by atoms with Gasteiger partial charge in [-0.25, -0.2) is 0 Å². The summed E-state index contributed by atoms with van der Waals surface area (Å²) in [7, 11) is 0. The van der Waals surface area contributed by atoms with E-state index in [2.05, 4.69) is 5.32 Å². The van der Waals surface area contributed by atoms with Crippen molar-refractivity contribution in [3.05, 3.63) is 53.6 Å². The molecule has 1 saturated heterocycles. The van der Waals surface area contributed by atoms with E-state index in [0.29, 0.717) is 30.9 Å². The molecule has 1 N–H and O–H groups in total. The molecule has 2 heterocycles. The topological polar surface area (TPSA) is 67.9 Å². The molecular weight excluding hydrogens is 356 g/mol. The van der Waals surface area contributed by atoms with E-state index in [9.17, 15) is 9.59 Å². The predicted molar refractivity (Wildman–Crippen MR) is 106 cm³/mol. The van der Waals surface area contributed by atoms with Crippen molar-refractivity contribution in [1.29, 1.82) is 0 Å². The van der Waals surface area contributed by atoms with Gasteiger partial charge in [-0.3, -0.25) is 9.59 Å². The highest BCUT2D eigenvalue weighted by atomic mass is 16.6. The second-order valence-electron chi connectivity index (χ2n) is 7.15. The first-order valence-electron chi connectivity index (χ1n) is 9.72. The number of benzene rings is 2. The Balaban J connectivity index is 1.42. The van der Waals surface area contributed by atoms with E-state index in [1.165, 1.54) is 0 Å². The maximum absolute atomic E-state index is 12.6. The van der Waals surface area contributed by atoms with Crippen LogP contribution in [0.1, 0.15) is 48.1 Å². The Morgan fingerprint density at radius 3 is 2.54 bits per heavy atom. The highest BCUT2D eigenvalue weighted by molar-refractivity contribution is 5.97. The van der Waals surface area contributed by atoms with Crippen molar-refractivity contribution in [2.75, 3.05) is 24.7 Å². The Kier molecular flexibility index (Phi) is 5.19. The molecule has 1 fully saturated rings. The molecule has 0 saturated carbocycles. The number of nitrogens with zero attached hydrogens (tertiary/aromatic N) is 1. The monoisotopic (exact) mass is 380 g/mol. The van der Waals surface area contributed by atoms with Gasteiger partial charge in [-0.15, -0.1) is 0 Å². The van der Waals surface area contributed by atoms with Gasteiger partial charge in [-0.05, 0) is 61.7 Å². The fraction of sp³-hybridized carbons (Fsp3) is 0.364. The molecule has 1 unspecified atom stereocenters. The first-order chi connectivity index (χ1) is 13.6. The Labute approximate surface area is 164 Å². The van der Waals surface area contributed by atoms with Gasteiger partial charge in [0.05, 0.1) is 6.04 Å². The minimum atomic E-state index is -0.174. The van der Waals surface area contributed by atoms with Crippen LogP contribution in [0.15, 0.2) is 42.5 Å². The number of ether oxygens (including phenoxy) is 2. The predicted octanol–water partition coefficient (Wildman–Crippen LogP) is 3.47. The number of rotatable bonds is 4. The number of anilines is 1. The lowest BCUT2D eigenvalue weighted by atomic mass is 10.1. The zero-order valence-corrected chi connectivity index (χ0v) is 15.9. The lowest BCUT2D eigenvalue weighted by Crippen LogP contribution is -2.35. The second kappa shape index (κ2) is 7.92. The molecule has 1 atom stereocenters. The van der Waals surface area contributed by atoms with Crippen LogP contribution in [-0.4, -0.2) is 31.6 Å². The highest BCUT2D eigenvalue weighted by Gasteiger charge is 2.20. The average molecular weight is 380 g/mol. The van der Waals surface area contributed by atoms with Crippen molar-refractivity contribution in [3.63, 3.8) is 0 Å². The fourth-order valence-electron chi connectivity index (χ4n) is 3.56. The molecule has 2 aromatic rings. The SMILES string of the molecule is CC(NC(=O)c1ccc(N2CCCCC2=O)cc1)c1ccc2c(c1)OCCO2. The number of carbonyl (C=O) groups is 2. The van der Waals surface area contributed by atoms with Crippen LogP contribution < -0.4 is 19.7 Å². The third-order valence-electron chi connectivity index (χ3n) is 5.18. The first kappa shape index (κ1) is 18.3. The molecule has 6 heteroatoms. The number of fused-ring (bicyclic) bond motifs is 1. The minimum Gasteiger partial charge on any atom is -0.486 e. The van der Waals surface area contributed by atoms with Crippen molar-refractivity contribution in [2.45, 2.75) is 32.2 Å². The zero-order valence-electron chi connectivity index (χ0n) is 15.9. The van der Waals surface area contributed by atoms with E-state index in [-0.39, 0.29) is 17.9 Å². The summed E-state index contributed by atoms with van der Waals surface area (Å²) in [6.07, 6.45) is 2.56. The molecule has 2 aliphatic heterocycles. The zero-order chi connectivity index (χ0) is 19.5. The third kappa shape index (κ3) is 3.81. The molecule has 0 radical (unpaired) electrons. The fourth-order valence-corrected chi connectivity index (χ4v) is 3.56. The summed E-state index contributed by atoms with van der Waals surface area (Å²) in [5.41, 5.74) is 2.37. The van der Waals surface area contributed by atoms with Crippen LogP contribution in [0.3, 0.4) is 0 Å². The molecular formula is C22H24N2O4. The van der Waals surface area contributed by atoms with Gasteiger partial charge in [-0.1, -0.05) is 6.07 Å². The van der Waals surface area contributed by atoms with Crippen LogP contribution in [0.25, 0.3) is 0 Å². The number of amides is 2. The molecule has 2 aromatic carbocycles. The summed E-state index contributed by atoms with van der Waals surface area (Å²) < 4.78 is 11.2.